The lowest BCUT2D eigenvalue weighted by molar-refractivity contribution is -0.134. The van der Waals surface area contributed by atoms with Crippen LogP contribution < -0.4 is 15.4 Å². The van der Waals surface area contributed by atoms with Crippen molar-refractivity contribution in [3.8, 4) is 17.1 Å². The zero-order chi connectivity index (χ0) is 23.7. The van der Waals surface area contributed by atoms with E-state index >= 15 is 0 Å². The van der Waals surface area contributed by atoms with Gasteiger partial charge in [0.05, 0.1) is 23.0 Å². The lowest BCUT2D eigenvalue weighted by Crippen LogP contribution is -2.39. The summed E-state index contributed by atoms with van der Waals surface area (Å²) in [5.41, 5.74) is 2.88. The quantitative estimate of drug-likeness (QED) is 0.374. The number of H-pyrrole nitrogens is 1. The van der Waals surface area contributed by atoms with Gasteiger partial charge in [-0.25, -0.2) is 0 Å². The van der Waals surface area contributed by atoms with Gasteiger partial charge >= 0.3 is 0 Å². The van der Waals surface area contributed by atoms with Gasteiger partial charge in [0.15, 0.2) is 6.61 Å². The molecule has 3 N–H and O–H groups in total. The Bertz CT molecular complexity index is 1390. The number of imide groups is 1. The number of benzene rings is 1. The summed E-state index contributed by atoms with van der Waals surface area (Å²) in [6.07, 6.45) is 3.89. The highest BCUT2D eigenvalue weighted by atomic mass is 16.5. The zero-order valence-corrected chi connectivity index (χ0v) is 18.2. The summed E-state index contributed by atoms with van der Waals surface area (Å²) in [5.74, 6) is -1.07. The molecular formula is C23H21N7O4. The number of ether oxygens (including phenoxy) is 1. The van der Waals surface area contributed by atoms with E-state index in [1.807, 2.05) is 12.1 Å². The molecule has 5 rings (SSSR count). The molecule has 0 radical (unpaired) electrons. The molecule has 0 aliphatic carbocycles. The number of hydrogen-bond donors (Lipinski definition) is 3. The first-order chi connectivity index (χ1) is 16.5. The fourth-order valence-electron chi connectivity index (χ4n) is 4.07. The van der Waals surface area contributed by atoms with Crippen LogP contribution in [-0.2, 0) is 21.4 Å². The molecule has 1 unspecified atom stereocenters. The first-order valence-corrected chi connectivity index (χ1v) is 10.7. The van der Waals surface area contributed by atoms with Crippen LogP contribution in [0.4, 0.5) is 5.69 Å². The van der Waals surface area contributed by atoms with Crippen molar-refractivity contribution in [1.82, 2.24) is 30.3 Å². The van der Waals surface area contributed by atoms with Crippen LogP contribution in [0.2, 0.25) is 0 Å². The van der Waals surface area contributed by atoms with Crippen LogP contribution in [0.5, 0.6) is 5.75 Å². The lowest BCUT2D eigenvalue weighted by atomic mass is 9.93. The molecule has 4 heterocycles. The van der Waals surface area contributed by atoms with Gasteiger partial charge in [-0.05, 0) is 24.6 Å². The number of anilines is 1. The number of pyridine rings is 1. The first-order valence-electron chi connectivity index (χ1n) is 10.7. The monoisotopic (exact) mass is 459 g/mol. The van der Waals surface area contributed by atoms with E-state index in [-0.39, 0.29) is 30.7 Å². The highest BCUT2D eigenvalue weighted by Gasteiger charge is 2.32. The second kappa shape index (κ2) is 8.77. The fourth-order valence-corrected chi connectivity index (χ4v) is 4.07. The molecule has 3 aromatic heterocycles. The zero-order valence-electron chi connectivity index (χ0n) is 18.2. The van der Waals surface area contributed by atoms with Crippen LogP contribution in [0.1, 0.15) is 24.5 Å². The van der Waals surface area contributed by atoms with Gasteiger partial charge in [-0.1, -0.05) is 18.2 Å². The van der Waals surface area contributed by atoms with Crippen LogP contribution in [0.25, 0.3) is 22.3 Å². The Balaban J connectivity index is 1.33. The first kappa shape index (κ1) is 21.3. The third-order valence-electron chi connectivity index (χ3n) is 5.61. The number of amides is 3. The number of carbonyl (C=O) groups is 3. The van der Waals surface area contributed by atoms with E-state index in [4.69, 9.17) is 4.74 Å². The van der Waals surface area contributed by atoms with E-state index < -0.39 is 5.92 Å². The highest BCUT2D eigenvalue weighted by molar-refractivity contribution is 6.03. The summed E-state index contributed by atoms with van der Waals surface area (Å²) >= 11 is 0. The van der Waals surface area contributed by atoms with Crippen LogP contribution >= 0.6 is 0 Å². The third kappa shape index (κ3) is 3.98. The minimum absolute atomic E-state index is 0.245. The fraction of sp³-hybridized carbons (Fsp3) is 0.217. The molecule has 172 valence electrons. The normalized spacial score (nSPS) is 15.9. The topological polar surface area (TPSA) is 144 Å². The number of para-hydroxylation sites is 1. The maximum atomic E-state index is 12.6. The third-order valence-corrected chi connectivity index (χ3v) is 5.61. The van der Waals surface area contributed by atoms with Crippen LogP contribution in [-0.4, -0.2) is 49.3 Å². The molecule has 1 saturated heterocycles. The minimum atomic E-state index is -0.522. The van der Waals surface area contributed by atoms with E-state index in [1.54, 1.807) is 48.4 Å². The predicted octanol–water partition coefficient (Wildman–Crippen LogP) is 1.90. The molecule has 0 saturated carbocycles. The molecule has 1 atom stereocenters. The van der Waals surface area contributed by atoms with Crippen LogP contribution in [0, 0.1) is 0 Å². The number of aryl methyl sites for hydroxylation is 1. The number of aromatic nitrogens is 5. The van der Waals surface area contributed by atoms with Crippen molar-refractivity contribution < 1.29 is 19.1 Å². The van der Waals surface area contributed by atoms with Crippen molar-refractivity contribution in [2.75, 3.05) is 11.9 Å². The summed E-state index contributed by atoms with van der Waals surface area (Å²) in [5, 5.41) is 17.3. The molecule has 34 heavy (non-hydrogen) atoms. The lowest BCUT2D eigenvalue weighted by Gasteiger charge is -2.19. The number of aromatic amines is 1. The second-order valence-electron chi connectivity index (χ2n) is 7.86. The molecule has 11 nitrogen and oxygen atoms in total. The molecule has 1 fully saturated rings. The Labute approximate surface area is 193 Å². The molecule has 1 aliphatic rings. The average molecular weight is 459 g/mol. The van der Waals surface area contributed by atoms with Gasteiger partial charge in [0.25, 0.3) is 5.91 Å². The van der Waals surface area contributed by atoms with Gasteiger partial charge < -0.3 is 10.1 Å². The molecule has 11 heteroatoms. The van der Waals surface area contributed by atoms with Gasteiger partial charge in [0.1, 0.15) is 17.0 Å². The Morgan fingerprint density at radius 3 is 2.91 bits per heavy atom. The molecule has 4 aromatic rings. The smallest absolute Gasteiger partial charge is 0.262 e. The Hall–Kier alpha value is -4.54. The van der Waals surface area contributed by atoms with Crippen molar-refractivity contribution >= 4 is 34.3 Å². The highest BCUT2D eigenvalue weighted by Crippen LogP contribution is 2.34. The van der Waals surface area contributed by atoms with Gasteiger partial charge in [0, 0.05) is 31.2 Å². The van der Waals surface area contributed by atoms with Crippen molar-refractivity contribution in [2.45, 2.75) is 18.8 Å². The molecule has 1 aliphatic heterocycles. The number of nitrogens with one attached hydrogen (secondary N) is 3. The van der Waals surface area contributed by atoms with E-state index in [9.17, 15) is 14.4 Å². The van der Waals surface area contributed by atoms with E-state index in [2.05, 4.69) is 30.9 Å². The Kier molecular flexibility index (Phi) is 5.50. The van der Waals surface area contributed by atoms with Crippen molar-refractivity contribution in [3.63, 3.8) is 0 Å². The number of piperidine rings is 1. The second-order valence-corrected chi connectivity index (χ2v) is 7.86. The van der Waals surface area contributed by atoms with E-state index in [0.29, 0.717) is 40.5 Å². The molecule has 0 bridgehead atoms. The molecule has 1 aromatic carbocycles. The average Bonchev–Trinajstić information content (AvgIpc) is 3.43. The minimum Gasteiger partial charge on any atom is -0.481 e. The summed E-state index contributed by atoms with van der Waals surface area (Å²) < 4.78 is 7.45. The maximum absolute atomic E-state index is 12.6. The predicted molar refractivity (Wildman–Crippen MR) is 122 cm³/mol. The Morgan fingerprint density at radius 1 is 1.24 bits per heavy atom. The van der Waals surface area contributed by atoms with Gasteiger partial charge in [-0.15, -0.1) is 0 Å². The van der Waals surface area contributed by atoms with E-state index in [1.165, 1.54) is 0 Å². The van der Waals surface area contributed by atoms with Crippen molar-refractivity contribution in [2.24, 2.45) is 7.05 Å². The molecule has 3 amide bonds. The maximum Gasteiger partial charge on any atom is 0.262 e. The van der Waals surface area contributed by atoms with Crippen LogP contribution in [0.15, 0.2) is 48.8 Å². The molecule has 0 spiro atoms. The number of hydrogen-bond acceptors (Lipinski definition) is 7. The number of carbonyl (C=O) groups excluding carboxylic acids is 3. The SMILES string of the molecule is Cn1nc(C2CCC(=O)NC2=O)c2cccc(OCC(=O)Nc3c[nH]nc3-c3ccccn3)c21. The van der Waals surface area contributed by atoms with Gasteiger partial charge in [0.2, 0.25) is 11.8 Å². The summed E-state index contributed by atoms with van der Waals surface area (Å²) in [6, 6.07) is 10.8. The number of fused-ring (bicyclic) bond motifs is 1. The van der Waals surface area contributed by atoms with E-state index in [0.717, 1.165) is 5.39 Å². The van der Waals surface area contributed by atoms with Gasteiger partial charge in [-0.2, -0.15) is 10.2 Å². The van der Waals surface area contributed by atoms with Crippen LogP contribution in [0.3, 0.4) is 0 Å². The number of rotatable bonds is 6. The summed E-state index contributed by atoms with van der Waals surface area (Å²) in [6.45, 7) is -0.245. The summed E-state index contributed by atoms with van der Waals surface area (Å²) in [7, 11) is 1.75. The standard InChI is InChI=1S/C23H21N7O4/c1-30-22-13(20(29-30)14-8-9-18(31)27-23(14)33)5-4-7-17(22)34-12-19(32)26-16-11-25-28-21(16)15-6-2-3-10-24-15/h2-7,10-11,14H,8-9,12H2,1H3,(H,25,28)(H,26,32)(H,27,31,33). The van der Waals surface area contributed by atoms with Gasteiger partial charge in [-0.3, -0.25) is 34.5 Å². The van der Waals surface area contributed by atoms with Crippen molar-refractivity contribution in [1.29, 1.82) is 0 Å². The van der Waals surface area contributed by atoms with Crippen molar-refractivity contribution in [3.05, 3.63) is 54.5 Å². The summed E-state index contributed by atoms with van der Waals surface area (Å²) in [4.78, 5) is 40.7. The molecular weight excluding hydrogens is 438 g/mol. The number of nitrogens with zero attached hydrogens (tertiary/aromatic N) is 4. The largest absolute Gasteiger partial charge is 0.481 e. The Morgan fingerprint density at radius 2 is 2.12 bits per heavy atom.